The average Bonchev–Trinajstić information content (AvgIpc) is 3.45. The van der Waals surface area contributed by atoms with Crippen molar-refractivity contribution in [1.29, 1.82) is 0 Å². The average molecular weight is 593 g/mol. The quantitative estimate of drug-likeness (QED) is 0.277. The molecule has 4 atom stereocenters. The molecule has 1 amide bonds. The maximum absolute atomic E-state index is 14.7. The van der Waals surface area contributed by atoms with Gasteiger partial charge in [-0.1, -0.05) is 76.6 Å². The van der Waals surface area contributed by atoms with E-state index in [9.17, 15) is 18.8 Å². The summed E-state index contributed by atoms with van der Waals surface area (Å²) >= 11 is 3.44. The lowest BCUT2D eigenvalue weighted by Crippen LogP contribution is -2.55. The van der Waals surface area contributed by atoms with Gasteiger partial charge in [-0.05, 0) is 59.7 Å². The first kappa shape index (κ1) is 24.7. The highest BCUT2D eigenvalue weighted by Gasteiger charge is 2.70. The summed E-state index contributed by atoms with van der Waals surface area (Å²) in [6.45, 7) is 0. The van der Waals surface area contributed by atoms with E-state index in [0.717, 1.165) is 15.7 Å². The van der Waals surface area contributed by atoms with Crippen LogP contribution in [0.5, 0.6) is 0 Å². The first-order valence-corrected chi connectivity index (χ1v) is 13.8. The third kappa shape index (κ3) is 3.40. The van der Waals surface area contributed by atoms with E-state index in [1.54, 1.807) is 30.3 Å². The van der Waals surface area contributed by atoms with E-state index in [1.807, 2.05) is 59.5 Å². The number of para-hydroxylation sites is 2. The van der Waals surface area contributed by atoms with Gasteiger partial charge in [-0.3, -0.25) is 14.4 Å². The van der Waals surface area contributed by atoms with E-state index in [0.29, 0.717) is 16.8 Å². The zero-order chi connectivity index (χ0) is 27.6. The predicted octanol–water partition coefficient (Wildman–Crippen LogP) is 6.44. The lowest BCUT2D eigenvalue weighted by Gasteiger charge is -2.37. The van der Waals surface area contributed by atoms with Crippen molar-refractivity contribution in [3.63, 3.8) is 0 Å². The fraction of sp³-hybridized carbons (Fsp3) is 0.121. The molecule has 0 bridgehead atoms. The summed E-state index contributed by atoms with van der Waals surface area (Å²) in [5.41, 5.74) is 2.03. The molecule has 0 aliphatic carbocycles. The van der Waals surface area contributed by atoms with Crippen molar-refractivity contribution in [2.45, 2.75) is 17.5 Å². The summed E-state index contributed by atoms with van der Waals surface area (Å²) in [7, 11) is 0. The van der Waals surface area contributed by atoms with E-state index >= 15 is 0 Å². The Balaban J connectivity index is 1.53. The number of hydrogen-bond acceptors (Lipinski definition) is 4. The first-order valence-electron chi connectivity index (χ1n) is 13.0. The van der Waals surface area contributed by atoms with Crippen molar-refractivity contribution >= 4 is 50.9 Å². The monoisotopic (exact) mass is 592 g/mol. The summed E-state index contributed by atoms with van der Waals surface area (Å²) in [6.07, 6.45) is 3.86. The van der Waals surface area contributed by atoms with Gasteiger partial charge < -0.3 is 10.2 Å². The predicted molar refractivity (Wildman–Crippen MR) is 155 cm³/mol. The fourth-order valence-electron chi connectivity index (χ4n) is 6.70. The number of nitrogens with zero attached hydrogens (tertiary/aromatic N) is 1. The number of benzene rings is 4. The second-order valence-electron chi connectivity index (χ2n) is 10.3. The van der Waals surface area contributed by atoms with Crippen molar-refractivity contribution in [2.24, 2.45) is 5.92 Å². The van der Waals surface area contributed by atoms with Crippen LogP contribution in [-0.2, 0) is 10.2 Å². The molecule has 1 fully saturated rings. The zero-order valence-corrected chi connectivity index (χ0v) is 22.6. The Labute approximate surface area is 238 Å². The Morgan fingerprint density at radius 1 is 0.825 bits per heavy atom. The van der Waals surface area contributed by atoms with Crippen LogP contribution >= 0.6 is 15.9 Å². The normalized spacial score (nSPS) is 23.9. The largest absolute Gasteiger partial charge is 0.352 e. The molecule has 3 heterocycles. The highest BCUT2D eigenvalue weighted by Crippen LogP contribution is 2.58. The summed E-state index contributed by atoms with van der Waals surface area (Å²) < 4.78 is 14.7. The molecule has 3 aliphatic heterocycles. The number of ketones is 2. The minimum Gasteiger partial charge on any atom is -0.352 e. The zero-order valence-electron chi connectivity index (χ0n) is 21.1. The number of anilines is 2. The minimum atomic E-state index is -1.54. The van der Waals surface area contributed by atoms with E-state index in [4.69, 9.17) is 0 Å². The lowest BCUT2D eigenvalue weighted by molar-refractivity contribution is -0.121. The van der Waals surface area contributed by atoms with Gasteiger partial charge in [0.1, 0.15) is 17.3 Å². The maximum atomic E-state index is 14.7. The number of nitrogens with one attached hydrogen (secondary N) is 1. The number of amides is 1. The molecule has 0 radical (unpaired) electrons. The van der Waals surface area contributed by atoms with Crippen molar-refractivity contribution < 1.29 is 18.8 Å². The molecule has 4 aromatic carbocycles. The summed E-state index contributed by atoms with van der Waals surface area (Å²) in [6, 6.07) is 25.7. The number of hydrogen-bond donors (Lipinski definition) is 1. The Morgan fingerprint density at radius 2 is 1.48 bits per heavy atom. The fourth-order valence-corrected chi connectivity index (χ4v) is 6.97. The van der Waals surface area contributed by atoms with Crippen LogP contribution < -0.4 is 10.2 Å². The Bertz CT molecular complexity index is 1730. The number of rotatable bonds is 4. The highest BCUT2D eigenvalue weighted by molar-refractivity contribution is 9.10. The molecule has 196 valence electrons. The Morgan fingerprint density at radius 3 is 2.25 bits per heavy atom. The second-order valence-corrected chi connectivity index (χ2v) is 11.2. The number of Topliss-reactive ketones (excluding diaryl/α,β-unsaturated/α-hetero) is 2. The van der Waals surface area contributed by atoms with Crippen LogP contribution in [0, 0.1) is 11.7 Å². The molecular formula is C33H22BrFN2O3. The van der Waals surface area contributed by atoms with Gasteiger partial charge in [0.15, 0.2) is 11.6 Å². The van der Waals surface area contributed by atoms with Gasteiger partial charge in [0.25, 0.3) is 0 Å². The van der Waals surface area contributed by atoms with Gasteiger partial charge >= 0.3 is 0 Å². The van der Waals surface area contributed by atoms with Crippen molar-refractivity contribution in [1.82, 2.24) is 0 Å². The number of halogens is 2. The topological polar surface area (TPSA) is 66.5 Å². The van der Waals surface area contributed by atoms with Gasteiger partial charge in [-0.25, -0.2) is 4.39 Å². The molecule has 40 heavy (non-hydrogen) atoms. The summed E-state index contributed by atoms with van der Waals surface area (Å²) in [5, 5.41) is 2.99. The third-order valence-electron chi connectivity index (χ3n) is 8.34. The Hall–Kier alpha value is -4.36. The summed E-state index contributed by atoms with van der Waals surface area (Å²) in [4.78, 5) is 45.5. The highest BCUT2D eigenvalue weighted by atomic mass is 79.9. The molecule has 7 heteroatoms. The van der Waals surface area contributed by atoms with Crippen LogP contribution in [0.4, 0.5) is 15.8 Å². The van der Waals surface area contributed by atoms with Crippen molar-refractivity contribution in [2.75, 3.05) is 10.2 Å². The molecule has 1 spiro atoms. The van der Waals surface area contributed by atoms with Gasteiger partial charge in [0, 0.05) is 27.0 Å². The number of carbonyl (C=O) groups is 3. The van der Waals surface area contributed by atoms with Crippen LogP contribution in [-0.4, -0.2) is 29.6 Å². The Kier molecular flexibility index (Phi) is 5.61. The first-order chi connectivity index (χ1) is 19.4. The minimum absolute atomic E-state index is 0.260. The van der Waals surface area contributed by atoms with Gasteiger partial charge in [-0.15, -0.1) is 0 Å². The van der Waals surface area contributed by atoms with Gasteiger partial charge in [0.2, 0.25) is 5.91 Å². The molecule has 4 aromatic rings. The van der Waals surface area contributed by atoms with Gasteiger partial charge in [0.05, 0.1) is 12.0 Å². The van der Waals surface area contributed by atoms with Crippen molar-refractivity contribution in [3.8, 4) is 0 Å². The van der Waals surface area contributed by atoms with Crippen LogP contribution in [0.2, 0.25) is 0 Å². The molecule has 7 rings (SSSR count). The molecule has 0 aromatic heterocycles. The molecular weight excluding hydrogens is 571 g/mol. The van der Waals surface area contributed by atoms with Crippen LogP contribution in [0.3, 0.4) is 0 Å². The second kappa shape index (κ2) is 9.10. The third-order valence-corrected chi connectivity index (χ3v) is 8.86. The molecule has 5 nitrogen and oxygen atoms in total. The molecule has 1 unspecified atom stereocenters. The lowest BCUT2D eigenvalue weighted by atomic mass is 9.63. The maximum Gasteiger partial charge on any atom is 0.238 e. The molecule has 0 saturated carbocycles. The number of carbonyl (C=O) groups excluding carboxylic acids is 3. The van der Waals surface area contributed by atoms with E-state index in [1.165, 1.54) is 24.3 Å². The standard InChI is InChI=1S/C33H22BrFN2O3/c34-22-14-9-21(10-15-22)30(39)31-33(24-6-2-3-7-25(24)36-32(33)40)28(29(38)20-11-16-23(35)17-12-20)27-18-13-19-5-1-4-8-26(19)37(27)31/h1-18,27-28,31H,(H,36,40)/t27?,28-,31+,33+/m1/s1. The summed E-state index contributed by atoms with van der Waals surface area (Å²) in [5.74, 6) is -2.40. The number of fused-ring (bicyclic) bond motifs is 5. The van der Waals surface area contributed by atoms with Crippen molar-refractivity contribution in [3.05, 3.63) is 136 Å². The van der Waals surface area contributed by atoms with E-state index < -0.39 is 35.1 Å². The van der Waals surface area contributed by atoms with Crippen LogP contribution in [0.1, 0.15) is 31.8 Å². The van der Waals surface area contributed by atoms with E-state index in [2.05, 4.69) is 21.2 Å². The molecule has 3 aliphatic rings. The smallest absolute Gasteiger partial charge is 0.238 e. The van der Waals surface area contributed by atoms with Crippen LogP contribution in [0.15, 0.2) is 108 Å². The SMILES string of the molecule is O=C(c1ccc(Br)cc1)[C@@H]1N2c3ccccc3C=CC2[C@H](C(=O)c2ccc(F)cc2)[C@]12C(=O)Nc1ccccc12. The van der Waals surface area contributed by atoms with Crippen LogP contribution in [0.25, 0.3) is 6.08 Å². The van der Waals surface area contributed by atoms with Gasteiger partial charge in [-0.2, -0.15) is 0 Å². The van der Waals surface area contributed by atoms with E-state index in [-0.39, 0.29) is 17.1 Å². The molecule has 1 saturated heterocycles. The molecule has 1 N–H and O–H groups in total.